The van der Waals surface area contributed by atoms with Gasteiger partial charge in [-0.25, -0.2) is 8.42 Å². The van der Waals surface area contributed by atoms with Gasteiger partial charge in [0.25, 0.3) is 15.9 Å². The van der Waals surface area contributed by atoms with Crippen LogP contribution in [0.25, 0.3) is 10.8 Å². The van der Waals surface area contributed by atoms with Crippen molar-refractivity contribution in [1.29, 1.82) is 0 Å². The van der Waals surface area contributed by atoms with Gasteiger partial charge in [-0.15, -0.1) is 10.2 Å². The lowest BCUT2D eigenvalue weighted by Gasteiger charge is -2.27. The molecule has 0 aromatic heterocycles. The number of rotatable bonds is 5. The average molecular weight is 594 g/mol. The number of phenolic OH excluding ortho intramolecular Hbond substituents is 2. The summed E-state index contributed by atoms with van der Waals surface area (Å²) in [4.78, 5) is 13.2. The van der Waals surface area contributed by atoms with Crippen LogP contribution < -0.4 is 4.72 Å². The summed E-state index contributed by atoms with van der Waals surface area (Å²) in [5, 5.41) is 31.0. The van der Waals surface area contributed by atoms with E-state index in [1.807, 2.05) is 41.5 Å². The second kappa shape index (κ2) is 10.8. The maximum atomic E-state index is 13.2. The molecule has 0 aliphatic carbocycles. The fourth-order valence-electron chi connectivity index (χ4n) is 4.38. The maximum Gasteiger partial charge on any atom is 0.295 e. The fraction of sp³-hybridized carbons (Fsp3) is 0.258. The Kier molecular flexibility index (Phi) is 7.90. The lowest BCUT2D eigenvalue weighted by Crippen LogP contribution is -2.18. The van der Waals surface area contributed by atoms with Crippen LogP contribution in [0.5, 0.6) is 11.5 Å². The monoisotopic (exact) mass is 593 g/mol. The van der Waals surface area contributed by atoms with E-state index in [9.17, 15) is 23.4 Å². The van der Waals surface area contributed by atoms with Gasteiger partial charge >= 0.3 is 0 Å². The first-order valence-electron chi connectivity index (χ1n) is 12.9. The third kappa shape index (κ3) is 6.36. The molecule has 3 N–H and O–H groups in total. The van der Waals surface area contributed by atoms with Crippen LogP contribution in [0.4, 0.5) is 11.4 Å². The molecule has 0 atom stereocenters. The number of azo groups is 1. The van der Waals surface area contributed by atoms with Gasteiger partial charge in [0.15, 0.2) is 5.75 Å². The number of halogens is 1. The normalized spacial score (nSPS) is 12.7. The van der Waals surface area contributed by atoms with Crippen LogP contribution in [0.3, 0.4) is 0 Å². The molecule has 0 bridgehead atoms. The van der Waals surface area contributed by atoms with Gasteiger partial charge in [-0.05, 0) is 53.3 Å². The topological polar surface area (TPSA) is 128 Å². The number of nitrogens with zero attached hydrogens (tertiary/aromatic N) is 2. The molecule has 4 aromatic carbocycles. The highest BCUT2D eigenvalue weighted by Crippen LogP contribution is 2.42. The number of sulfonamides is 1. The Balaban J connectivity index is 1.78. The molecule has 0 aliphatic rings. The van der Waals surface area contributed by atoms with E-state index in [-0.39, 0.29) is 33.3 Å². The van der Waals surface area contributed by atoms with Crippen LogP contribution in [0.1, 0.15) is 63.0 Å². The van der Waals surface area contributed by atoms with Gasteiger partial charge < -0.3 is 10.2 Å². The predicted octanol–water partition coefficient (Wildman–Crippen LogP) is 8.22. The molecular weight excluding hydrogens is 562 g/mol. The standard InChI is InChI=1S/C31H32ClN3O5S/c1-30(2,3)23-15-18(16-24(28(23)37)31(4,5)6)29(38)34-33-26-17-25(21-9-7-8-10-22(21)27(26)36)35-41(39,40)20-13-11-19(32)12-14-20/h7-17,35-37H,1-6H3. The van der Waals surface area contributed by atoms with Crippen LogP contribution in [-0.4, -0.2) is 24.5 Å². The zero-order chi connectivity index (χ0) is 30.3. The van der Waals surface area contributed by atoms with Crippen molar-refractivity contribution in [1.82, 2.24) is 0 Å². The average Bonchev–Trinajstić information content (AvgIpc) is 2.88. The molecule has 214 valence electrons. The number of benzene rings is 4. The summed E-state index contributed by atoms with van der Waals surface area (Å²) in [5.74, 6) is -0.816. The van der Waals surface area contributed by atoms with E-state index in [1.165, 1.54) is 30.3 Å². The Hall–Kier alpha value is -3.95. The van der Waals surface area contributed by atoms with Crippen LogP contribution in [0, 0.1) is 0 Å². The number of anilines is 1. The van der Waals surface area contributed by atoms with Gasteiger partial charge in [-0.2, -0.15) is 0 Å². The summed E-state index contributed by atoms with van der Waals surface area (Å²) in [7, 11) is -4.02. The number of aromatic hydroxyl groups is 2. The minimum Gasteiger partial charge on any atom is -0.507 e. The molecule has 0 radical (unpaired) electrons. The highest BCUT2D eigenvalue weighted by Gasteiger charge is 2.28. The first kappa shape index (κ1) is 30.0. The molecule has 0 heterocycles. The first-order chi connectivity index (χ1) is 19.0. The molecule has 0 unspecified atom stereocenters. The number of nitrogens with one attached hydrogen (secondary N) is 1. The van der Waals surface area contributed by atoms with Crippen LogP contribution in [0.2, 0.25) is 5.02 Å². The zero-order valence-electron chi connectivity index (χ0n) is 23.7. The Morgan fingerprint density at radius 3 is 1.88 bits per heavy atom. The van der Waals surface area contributed by atoms with E-state index in [0.29, 0.717) is 26.9 Å². The van der Waals surface area contributed by atoms with Crippen molar-refractivity contribution in [3.05, 3.63) is 88.4 Å². The number of fused-ring (bicyclic) bond motifs is 1. The number of hydrogen-bond acceptors (Lipinski definition) is 6. The molecule has 0 fully saturated rings. The van der Waals surface area contributed by atoms with Crippen molar-refractivity contribution in [2.45, 2.75) is 57.3 Å². The van der Waals surface area contributed by atoms with Crippen molar-refractivity contribution in [3.63, 3.8) is 0 Å². The number of carbonyl (C=O) groups excluding carboxylic acids is 1. The van der Waals surface area contributed by atoms with Gasteiger partial charge in [-0.1, -0.05) is 77.4 Å². The highest BCUT2D eigenvalue weighted by molar-refractivity contribution is 7.92. The minimum absolute atomic E-state index is 0.00551. The molecule has 4 aromatic rings. The van der Waals surface area contributed by atoms with E-state index in [1.54, 1.807) is 36.4 Å². The predicted molar refractivity (Wildman–Crippen MR) is 162 cm³/mol. The first-order valence-corrected chi connectivity index (χ1v) is 14.7. The molecular formula is C31H32ClN3O5S. The third-order valence-electron chi connectivity index (χ3n) is 6.59. The Labute approximate surface area is 244 Å². The Bertz CT molecular complexity index is 1750. The molecule has 1 amide bonds. The quantitative estimate of drug-likeness (QED) is 0.159. The molecule has 0 saturated heterocycles. The lowest BCUT2D eigenvalue weighted by molar-refractivity contribution is 0.0994. The molecule has 0 spiro atoms. The van der Waals surface area contributed by atoms with Gasteiger partial charge in [-0.3, -0.25) is 9.52 Å². The summed E-state index contributed by atoms with van der Waals surface area (Å²) in [5.41, 5.74) is 0.549. The smallest absolute Gasteiger partial charge is 0.295 e. The number of carbonyl (C=O) groups is 1. The zero-order valence-corrected chi connectivity index (χ0v) is 25.2. The molecule has 41 heavy (non-hydrogen) atoms. The van der Waals surface area contributed by atoms with Crippen molar-refractivity contribution < 1.29 is 23.4 Å². The summed E-state index contributed by atoms with van der Waals surface area (Å²) in [6, 6.07) is 16.8. The minimum atomic E-state index is -4.02. The summed E-state index contributed by atoms with van der Waals surface area (Å²) in [6.45, 7) is 11.6. The number of amides is 1. The van der Waals surface area contributed by atoms with E-state index >= 15 is 0 Å². The summed E-state index contributed by atoms with van der Waals surface area (Å²) >= 11 is 5.91. The largest absolute Gasteiger partial charge is 0.507 e. The van der Waals surface area contributed by atoms with E-state index < -0.39 is 26.8 Å². The maximum absolute atomic E-state index is 13.2. The summed E-state index contributed by atoms with van der Waals surface area (Å²) < 4.78 is 28.8. The van der Waals surface area contributed by atoms with Gasteiger partial charge in [0.2, 0.25) is 0 Å². The van der Waals surface area contributed by atoms with E-state index in [0.717, 1.165) is 0 Å². The van der Waals surface area contributed by atoms with E-state index in [4.69, 9.17) is 11.6 Å². The van der Waals surface area contributed by atoms with Crippen LogP contribution in [0.15, 0.2) is 81.9 Å². The lowest BCUT2D eigenvalue weighted by atomic mass is 9.78. The number of hydrogen-bond donors (Lipinski definition) is 3. The third-order valence-corrected chi connectivity index (χ3v) is 8.22. The SMILES string of the molecule is CC(C)(C)c1cc(C(=O)N=Nc2cc(NS(=O)(=O)c3ccc(Cl)cc3)c3ccccc3c2O)cc(C(C)(C)C)c1O. The Morgan fingerprint density at radius 1 is 0.805 bits per heavy atom. The molecule has 10 heteroatoms. The van der Waals surface area contributed by atoms with Crippen molar-refractivity contribution in [2.75, 3.05) is 4.72 Å². The summed E-state index contributed by atoms with van der Waals surface area (Å²) in [6.07, 6.45) is 0. The fourth-order valence-corrected chi connectivity index (χ4v) is 5.58. The van der Waals surface area contributed by atoms with Gasteiger partial charge in [0, 0.05) is 32.5 Å². The molecule has 0 aliphatic heterocycles. The molecule has 0 saturated carbocycles. The second-order valence-electron chi connectivity index (χ2n) is 11.8. The van der Waals surface area contributed by atoms with Gasteiger partial charge in [0.1, 0.15) is 11.4 Å². The molecule has 8 nitrogen and oxygen atoms in total. The molecule has 4 rings (SSSR count). The van der Waals surface area contributed by atoms with E-state index in [2.05, 4.69) is 15.0 Å². The van der Waals surface area contributed by atoms with Crippen molar-refractivity contribution >= 4 is 49.7 Å². The van der Waals surface area contributed by atoms with Crippen molar-refractivity contribution in [2.24, 2.45) is 10.2 Å². The van der Waals surface area contributed by atoms with Crippen LogP contribution in [-0.2, 0) is 20.9 Å². The highest BCUT2D eigenvalue weighted by atomic mass is 35.5. The Morgan fingerprint density at radius 2 is 1.34 bits per heavy atom. The van der Waals surface area contributed by atoms with Crippen molar-refractivity contribution in [3.8, 4) is 11.5 Å². The number of phenols is 2. The van der Waals surface area contributed by atoms with Crippen LogP contribution >= 0.6 is 11.6 Å². The second-order valence-corrected chi connectivity index (χ2v) is 13.9. The van der Waals surface area contributed by atoms with Gasteiger partial charge in [0.05, 0.1) is 10.6 Å².